The second-order valence-corrected chi connectivity index (χ2v) is 6.98. The Kier molecular flexibility index (Phi) is 4.45. The lowest BCUT2D eigenvalue weighted by Crippen LogP contribution is -2.36. The highest BCUT2D eigenvalue weighted by atomic mass is 32.2. The highest BCUT2D eigenvalue weighted by Crippen LogP contribution is 2.23. The molecule has 0 radical (unpaired) electrons. The van der Waals surface area contributed by atoms with Crippen LogP contribution in [0.15, 0.2) is 10.6 Å². The van der Waals surface area contributed by atoms with Gasteiger partial charge in [-0.1, -0.05) is 12.1 Å². The summed E-state index contributed by atoms with van der Waals surface area (Å²) in [6.45, 7) is 6.38. The Labute approximate surface area is 119 Å². The molecule has 106 valence electrons. The number of nitrogens with zero attached hydrogens (tertiary/aromatic N) is 2. The van der Waals surface area contributed by atoms with E-state index in [0.29, 0.717) is 0 Å². The van der Waals surface area contributed by atoms with Crippen molar-refractivity contribution in [2.24, 2.45) is 0 Å². The van der Waals surface area contributed by atoms with E-state index in [1.165, 1.54) is 31.6 Å². The summed E-state index contributed by atoms with van der Waals surface area (Å²) in [6, 6.07) is 2.84. The van der Waals surface area contributed by atoms with Gasteiger partial charge in [-0.25, -0.2) is 0 Å². The molecule has 3 rings (SSSR count). The van der Waals surface area contributed by atoms with Crippen molar-refractivity contribution in [3.63, 3.8) is 0 Å². The van der Waals surface area contributed by atoms with Crippen LogP contribution in [-0.2, 0) is 13.1 Å². The molecule has 1 unspecified atom stereocenters. The third kappa shape index (κ3) is 3.97. The minimum Gasteiger partial charge on any atom is -0.360 e. The quantitative estimate of drug-likeness (QED) is 0.866. The number of thioether (sulfide) groups is 1. The average molecular weight is 281 g/mol. The van der Waals surface area contributed by atoms with E-state index in [-0.39, 0.29) is 0 Å². The SMILES string of the molecule is CCC1CN(Cc2cc(CNC3CC3)no2)CCS1. The van der Waals surface area contributed by atoms with E-state index >= 15 is 0 Å². The third-order valence-electron chi connectivity index (χ3n) is 3.81. The summed E-state index contributed by atoms with van der Waals surface area (Å²) in [4.78, 5) is 2.49. The van der Waals surface area contributed by atoms with E-state index in [0.717, 1.165) is 42.4 Å². The van der Waals surface area contributed by atoms with E-state index in [4.69, 9.17) is 4.52 Å². The van der Waals surface area contributed by atoms with Crippen LogP contribution in [0.2, 0.25) is 0 Å². The van der Waals surface area contributed by atoms with Crippen LogP contribution in [0.25, 0.3) is 0 Å². The summed E-state index contributed by atoms with van der Waals surface area (Å²) in [7, 11) is 0. The smallest absolute Gasteiger partial charge is 0.151 e. The lowest BCUT2D eigenvalue weighted by molar-refractivity contribution is 0.236. The molecule has 0 aromatic carbocycles. The molecule has 1 aliphatic carbocycles. The first-order chi connectivity index (χ1) is 9.33. The number of aromatic nitrogens is 1. The van der Waals surface area contributed by atoms with Crippen molar-refractivity contribution in [3.8, 4) is 0 Å². The van der Waals surface area contributed by atoms with Gasteiger partial charge in [0, 0.05) is 42.7 Å². The van der Waals surface area contributed by atoms with E-state index in [9.17, 15) is 0 Å². The zero-order valence-corrected chi connectivity index (χ0v) is 12.4. The summed E-state index contributed by atoms with van der Waals surface area (Å²) in [6.07, 6.45) is 3.89. The fraction of sp³-hybridized carbons (Fsp3) is 0.786. The number of rotatable bonds is 6. The first kappa shape index (κ1) is 13.5. The maximum absolute atomic E-state index is 5.45. The molecule has 1 saturated heterocycles. The van der Waals surface area contributed by atoms with Gasteiger partial charge in [-0.15, -0.1) is 0 Å². The number of hydrogen-bond donors (Lipinski definition) is 1. The fourth-order valence-electron chi connectivity index (χ4n) is 2.44. The predicted octanol–water partition coefficient (Wildman–Crippen LogP) is 2.25. The van der Waals surface area contributed by atoms with Crippen LogP contribution < -0.4 is 5.32 Å². The molecule has 4 nitrogen and oxygen atoms in total. The van der Waals surface area contributed by atoms with Crippen molar-refractivity contribution >= 4 is 11.8 Å². The van der Waals surface area contributed by atoms with Crippen LogP contribution in [-0.4, -0.2) is 40.2 Å². The van der Waals surface area contributed by atoms with Crippen molar-refractivity contribution in [2.75, 3.05) is 18.8 Å². The molecule has 2 fully saturated rings. The molecule has 1 aromatic rings. The molecule has 0 amide bonds. The van der Waals surface area contributed by atoms with Crippen LogP contribution in [0, 0.1) is 0 Å². The van der Waals surface area contributed by atoms with Crippen molar-refractivity contribution in [1.29, 1.82) is 0 Å². The molecule has 0 bridgehead atoms. The second-order valence-electron chi connectivity index (χ2n) is 5.58. The maximum atomic E-state index is 5.45. The highest BCUT2D eigenvalue weighted by Gasteiger charge is 2.22. The van der Waals surface area contributed by atoms with Crippen molar-refractivity contribution < 1.29 is 4.52 Å². The van der Waals surface area contributed by atoms with Crippen LogP contribution in [0.3, 0.4) is 0 Å². The lowest BCUT2D eigenvalue weighted by Gasteiger charge is -2.30. The standard InChI is InChI=1S/C14H23N3OS/c1-2-14-10-17(5-6-19-14)9-13-7-12(16-18-13)8-15-11-3-4-11/h7,11,14-15H,2-6,8-10H2,1H3. The van der Waals surface area contributed by atoms with E-state index < -0.39 is 0 Å². The van der Waals surface area contributed by atoms with E-state index in [1.807, 2.05) is 0 Å². The fourth-order valence-corrected chi connectivity index (χ4v) is 3.69. The molecule has 1 aliphatic heterocycles. The van der Waals surface area contributed by atoms with Gasteiger partial charge in [-0.3, -0.25) is 4.90 Å². The Morgan fingerprint density at radius 1 is 1.53 bits per heavy atom. The Balaban J connectivity index is 1.48. The topological polar surface area (TPSA) is 41.3 Å². The zero-order valence-electron chi connectivity index (χ0n) is 11.6. The molecule has 1 atom stereocenters. The largest absolute Gasteiger partial charge is 0.360 e. The number of hydrogen-bond acceptors (Lipinski definition) is 5. The maximum Gasteiger partial charge on any atom is 0.151 e. The van der Waals surface area contributed by atoms with Gasteiger partial charge in [0.05, 0.1) is 12.2 Å². The molecular weight excluding hydrogens is 258 g/mol. The summed E-state index contributed by atoms with van der Waals surface area (Å²) in [5.74, 6) is 2.25. The Bertz CT molecular complexity index is 405. The Morgan fingerprint density at radius 2 is 2.42 bits per heavy atom. The minimum absolute atomic E-state index is 0.726. The van der Waals surface area contributed by atoms with Gasteiger partial charge in [-0.05, 0) is 19.3 Å². The molecule has 0 spiro atoms. The normalized spacial score (nSPS) is 24.8. The molecule has 2 heterocycles. The summed E-state index contributed by atoms with van der Waals surface area (Å²) < 4.78 is 5.45. The first-order valence-electron chi connectivity index (χ1n) is 7.35. The van der Waals surface area contributed by atoms with Crippen LogP contribution in [0.5, 0.6) is 0 Å². The second kappa shape index (κ2) is 6.29. The van der Waals surface area contributed by atoms with Crippen LogP contribution >= 0.6 is 11.8 Å². The van der Waals surface area contributed by atoms with Gasteiger partial charge in [0.15, 0.2) is 5.76 Å². The van der Waals surface area contributed by atoms with Crippen molar-refractivity contribution in [2.45, 2.75) is 50.6 Å². The molecule has 2 aliphatic rings. The summed E-state index contributed by atoms with van der Waals surface area (Å²) in [5, 5.41) is 8.40. The van der Waals surface area contributed by atoms with Gasteiger partial charge < -0.3 is 9.84 Å². The van der Waals surface area contributed by atoms with E-state index in [2.05, 4.69) is 40.1 Å². The van der Waals surface area contributed by atoms with Crippen LogP contribution in [0.1, 0.15) is 37.6 Å². The van der Waals surface area contributed by atoms with Gasteiger partial charge in [0.2, 0.25) is 0 Å². The Hall–Kier alpha value is -0.520. The van der Waals surface area contributed by atoms with Crippen molar-refractivity contribution in [3.05, 3.63) is 17.5 Å². The zero-order chi connectivity index (χ0) is 13.1. The molecule has 1 saturated carbocycles. The van der Waals surface area contributed by atoms with Gasteiger partial charge in [-0.2, -0.15) is 11.8 Å². The third-order valence-corrected chi connectivity index (χ3v) is 5.19. The summed E-state index contributed by atoms with van der Waals surface area (Å²) >= 11 is 2.10. The van der Waals surface area contributed by atoms with Gasteiger partial charge in [0.1, 0.15) is 0 Å². The monoisotopic (exact) mass is 281 g/mol. The first-order valence-corrected chi connectivity index (χ1v) is 8.40. The minimum atomic E-state index is 0.726. The van der Waals surface area contributed by atoms with Crippen LogP contribution in [0.4, 0.5) is 0 Å². The molecule has 5 heteroatoms. The number of nitrogens with one attached hydrogen (secondary N) is 1. The molecule has 1 N–H and O–H groups in total. The molecular formula is C14H23N3OS. The highest BCUT2D eigenvalue weighted by molar-refractivity contribution is 8.00. The van der Waals surface area contributed by atoms with Crippen molar-refractivity contribution in [1.82, 2.24) is 15.4 Å². The predicted molar refractivity (Wildman–Crippen MR) is 78.2 cm³/mol. The van der Waals surface area contributed by atoms with Gasteiger partial charge >= 0.3 is 0 Å². The molecule has 1 aromatic heterocycles. The Morgan fingerprint density at radius 3 is 3.21 bits per heavy atom. The lowest BCUT2D eigenvalue weighted by atomic mass is 10.2. The molecule has 19 heavy (non-hydrogen) atoms. The average Bonchev–Trinajstić information content (AvgIpc) is 3.17. The van der Waals surface area contributed by atoms with Gasteiger partial charge in [0.25, 0.3) is 0 Å². The van der Waals surface area contributed by atoms with E-state index in [1.54, 1.807) is 0 Å². The summed E-state index contributed by atoms with van der Waals surface area (Å²) in [5.41, 5.74) is 1.04.